The van der Waals surface area contributed by atoms with Gasteiger partial charge in [-0.3, -0.25) is 0 Å². The third-order valence-electron chi connectivity index (χ3n) is 2.49. The summed E-state index contributed by atoms with van der Waals surface area (Å²) in [4.78, 5) is 0. The predicted octanol–water partition coefficient (Wildman–Crippen LogP) is 6.25. The van der Waals surface area contributed by atoms with E-state index in [4.69, 9.17) is 34.8 Å². The number of alkyl halides is 2. The lowest BCUT2D eigenvalue weighted by Gasteiger charge is -2.09. The summed E-state index contributed by atoms with van der Waals surface area (Å²) < 4.78 is 25.5. The average molecular weight is 308 g/mol. The van der Waals surface area contributed by atoms with Crippen LogP contribution < -0.4 is 0 Å². The van der Waals surface area contributed by atoms with Gasteiger partial charge in [0.15, 0.2) is 0 Å². The van der Waals surface area contributed by atoms with Crippen LogP contribution in [0.1, 0.15) is 12.0 Å². The lowest BCUT2D eigenvalue weighted by atomic mass is 10.0. The van der Waals surface area contributed by atoms with Gasteiger partial charge in [0.25, 0.3) is 6.43 Å². The molecule has 0 aliphatic rings. The minimum atomic E-state index is -2.63. The van der Waals surface area contributed by atoms with E-state index >= 15 is 0 Å². The Kier molecular flexibility index (Phi) is 4.10. The third kappa shape index (κ3) is 2.61. The Morgan fingerprint density at radius 3 is 2.28 bits per heavy atom. The Balaban J connectivity index is 2.58. The van der Waals surface area contributed by atoms with Crippen LogP contribution in [-0.2, 0) is 0 Å². The van der Waals surface area contributed by atoms with Gasteiger partial charge >= 0.3 is 0 Å². The highest BCUT2D eigenvalue weighted by molar-refractivity contribution is 6.43. The maximum atomic E-state index is 12.8. The predicted molar refractivity (Wildman–Crippen MR) is 71.9 cm³/mol. The van der Waals surface area contributed by atoms with E-state index in [1.807, 2.05) is 0 Å². The minimum absolute atomic E-state index is 0.0342. The molecule has 0 spiro atoms. The molecule has 0 heterocycles. The van der Waals surface area contributed by atoms with E-state index in [1.165, 1.54) is 12.1 Å². The summed E-state index contributed by atoms with van der Waals surface area (Å²) in [5, 5.41) is 0.747. The summed E-state index contributed by atoms with van der Waals surface area (Å²) in [6.07, 6.45) is -2.63. The van der Waals surface area contributed by atoms with E-state index in [1.54, 1.807) is 24.3 Å². The Morgan fingerprint density at radius 1 is 0.889 bits per heavy atom. The Labute approximate surface area is 118 Å². The van der Waals surface area contributed by atoms with Gasteiger partial charge in [-0.25, -0.2) is 8.78 Å². The lowest BCUT2D eigenvalue weighted by Crippen LogP contribution is -1.88. The molecule has 0 saturated carbocycles. The molecule has 0 atom stereocenters. The van der Waals surface area contributed by atoms with Crippen LogP contribution >= 0.6 is 34.8 Å². The minimum Gasteiger partial charge on any atom is -0.205 e. The number of hydrogen-bond acceptors (Lipinski definition) is 0. The standard InChI is InChI=1S/C13H7Cl3F2/c14-10-5-4-7(6-9(10)13(17)18)8-2-1-3-11(15)12(8)16/h1-6,13H. The Bertz CT molecular complexity index is 582. The van der Waals surface area contributed by atoms with E-state index in [-0.39, 0.29) is 10.6 Å². The van der Waals surface area contributed by atoms with Crippen molar-refractivity contribution in [3.05, 3.63) is 57.0 Å². The van der Waals surface area contributed by atoms with Gasteiger partial charge in [0.05, 0.1) is 10.0 Å². The van der Waals surface area contributed by atoms with Gasteiger partial charge in [-0.1, -0.05) is 53.0 Å². The van der Waals surface area contributed by atoms with Crippen molar-refractivity contribution in [3.63, 3.8) is 0 Å². The summed E-state index contributed by atoms with van der Waals surface area (Å²) in [5.41, 5.74) is 0.940. The molecule has 2 aromatic carbocycles. The van der Waals surface area contributed by atoms with Gasteiger partial charge in [-0.2, -0.15) is 0 Å². The summed E-state index contributed by atoms with van der Waals surface area (Å²) in [5.74, 6) is 0. The van der Waals surface area contributed by atoms with Gasteiger partial charge in [0, 0.05) is 16.1 Å². The quantitative estimate of drug-likeness (QED) is 0.615. The fraction of sp³-hybridized carbons (Fsp3) is 0.0769. The molecule has 0 radical (unpaired) electrons. The van der Waals surface area contributed by atoms with Crippen LogP contribution in [0.5, 0.6) is 0 Å². The zero-order valence-electron chi connectivity index (χ0n) is 8.93. The maximum Gasteiger partial charge on any atom is 0.265 e. The number of rotatable bonds is 2. The Hall–Kier alpha value is -0.830. The third-order valence-corrected chi connectivity index (χ3v) is 3.66. The molecule has 0 fully saturated rings. The van der Waals surface area contributed by atoms with Crippen molar-refractivity contribution in [1.29, 1.82) is 0 Å². The van der Waals surface area contributed by atoms with Crippen molar-refractivity contribution in [2.45, 2.75) is 6.43 Å². The molecule has 0 nitrogen and oxygen atoms in total. The Morgan fingerprint density at radius 2 is 1.61 bits per heavy atom. The van der Waals surface area contributed by atoms with E-state index in [9.17, 15) is 8.78 Å². The van der Waals surface area contributed by atoms with Crippen LogP contribution in [0.15, 0.2) is 36.4 Å². The molecule has 2 aromatic rings. The maximum absolute atomic E-state index is 12.8. The van der Waals surface area contributed by atoms with Crippen molar-refractivity contribution >= 4 is 34.8 Å². The fourth-order valence-corrected chi connectivity index (χ4v) is 2.21. The van der Waals surface area contributed by atoms with E-state index in [2.05, 4.69) is 0 Å². The van der Waals surface area contributed by atoms with Gasteiger partial charge < -0.3 is 0 Å². The van der Waals surface area contributed by atoms with Crippen LogP contribution in [-0.4, -0.2) is 0 Å². The molecular weight excluding hydrogens is 300 g/mol. The fourth-order valence-electron chi connectivity index (χ4n) is 1.61. The highest BCUT2D eigenvalue weighted by atomic mass is 35.5. The SMILES string of the molecule is FC(F)c1cc(-c2cccc(Cl)c2Cl)ccc1Cl. The first-order valence-corrected chi connectivity index (χ1v) is 6.16. The summed E-state index contributed by atoms with van der Waals surface area (Å²) in [7, 11) is 0. The van der Waals surface area contributed by atoms with Crippen LogP contribution in [0.3, 0.4) is 0 Å². The topological polar surface area (TPSA) is 0 Å². The molecule has 0 aromatic heterocycles. The molecule has 0 saturated heterocycles. The van der Waals surface area contributed by atoms with Crippen molar-refractivity contribution in [2.24, 2.45) is 0 Å². The van der Waals surface area contributed by atoms with E-state index in [0.29, 0.717) is 21.2 Å². The average Bonchev–Trinajstić information content (AvgIpc) is 2.33. The molecular formula is C13H7Cl3F2. The van der Waals surface area contributed by atoms with Gasteiger partial charge in [0.2, 0.25) is 0 Å². The summed E-state index contributed by atoms with van der Waals surface area (Å²) in [6.45, 7) is 0. The van der Waals surface area contributed by atoms with Gasteiger partial charge in [-0.15, -0.1) is 0 Å². The first kappa shape index (κ1) is 13.6. The van der Waals surface area contributed by atoms with Gasteiger partial charge in [-0.05, 0) is 23.8 Å². The first-order valence-electron chi connectivity index (χ1n) is 5.02. The highest BCUT2D eigenvalue weighted by Crippen LogP contribution is 2.36. The van der Waals surface area contributed by atoms with Gasteiger partial charge in [0.1, 0.15) is 0 Å². The second kappa shape index (κ2) is 5.43. The second-order valence-corrected chi connectivity index (χ2v) is 4.83. The molecule has 0 amide bonds. The van der Waals surface area contributed by atoms with E-state index < -0.39 is 6.43 Å². The number of halogens is 5. The normalized spacial score (nSPS) is 11.0. The molecule has 2 rings (SSSR count). The van der Waals surface area contributed by atoms with Crippen molar-refractivity contribution in [1.82, 2.24) is 0 Å². The number of benzene rings is 2. The van der Waals surface area contributed by atoms with Crippen LogP contribution in [0.4, 0.5) is 8.78 Å². The summed E-state index contributed by atoms with van der Waals surface area (Å²) >= 11 is 17.6. The number of hydrogen-bond donors (Lipinski definition) is 0. The zero-order valence-corrected chi connectivity index (χ0v) is 11.2. The molecule has 94 valence electrons. The molecule has 0 aliphatic carbocycles. The first-order chi connectivity index (χ1) is 8.50. The molecule has 0 aliphatic heterocycles. The largest absolute Gasteiger partial charge is 0.265 e. The van der Waals surface area contributed by atoms with Crippen molar-refractivity contribution in [3.8, 4) is 11.1 Å². The van der Waals surface area contributed by atoms with E-state index in [0.717, 1.165) is 0 Å². The van der Waals surface area contributed by atoms with Crippen LogP contribution in [0, 0.1) is 0 Å². The van der Waals surface area contributed by atoms with Crippen LogP contribution in [0.25, 0.3) is 11.1 Å². The molecule has 5 heteroatoms. The van der Waals surface area contributed by atoms with Crippen molar-refractivity contribution in [2.75, 3.05) is 0 Å². The monoisotopic (exact) mass is 306 g/mol. The zero-order chi connectivity index (χ0) is 13.3. The van der Waals surface area contributed by atoms with Crippen LogP contribution in [0.2, 0.25) is 15.1 Å². The highest BCUT2D eigenvalue weighted by Gasteiger charge is 2.14. The smallest absolute Gasteiger partial charge is 0.205 e. The molecule has 0 bridgehead atoms. The lowest BCUT2D eigenvalue weighted by molar-refractivity contribution is 0.151. The second-order valence-electron chi connectivity index (χ2n) is 3.64. The van der Waals surface area contributed by atoms with Crippen molar-refractivity contribution < 1.29 is 8.78 Å². The molecule has 0 unspecified atom stereocenters. The molecule has 0 N–H and O–H groups in total. The summed E-state index contributed by atoms with van der Waals surface area (Å²) in [6, 6.07) is 9.44. The molecule has 18 heavy (non-hydrogen) atoms.